The number of nitrogens with zero attached hydrogens (tertiary/aromatic N) is 2. The first-order valence-corrected chi connectivity index (χ1v) is 9.45. The minimum Gasteiger partial charge on any atom is -0.405 e. The van der Waals surface area contributed by atoms with Crippen molar-refractivity contribution in [1.82, 2.24) is 10.2 Å². The molecule has 0 bridgehead atoms. The molecule has 3 N–H and O–H groups in total. The topological polar surface area (TPSA) is 90.1 Å². The first-order chi connectivity index (χ1) is 14.2. The van der Waals surface area contributed by atoms with E-state index in [0.717, 1.165) is 12.8 Å². The summed E-state index contributed by atoms with van der Waals surface area (Å²) in [6.07, 6.45) is -2.59. The number of rotatable bonds is 6. The van der Waals surface area contributed by atoms with Gasteiger partial charge < -0.3 is 15.8 Å². The first-order valence-electron chi connectivity index (χ1n) is 9.45. The number of ether oxygens (including phenoxy) is 1. The maximum atomic E-state index is 12.8. The van der Waals surface area contributed by atoms with Gasteiger partial charge in [-0.1, -0.05) is 24.3 Å². The summed E-state index contributed by atoms with van der Waals surface area (Å²) in [5.41, 5.74) is 7.14. The van der Waals surface area contributed by atoms with Gasteiger partial charge in [0.15, 0.2) is 5.69 Å². The summed E-state index contributed by atoms with van der Waals surface area (Å²) in [5, 5.41) is 12.0. The van der Waals surface area contributed by atoms with Gasteiger partial charge in [0.25, 0.3) is 5.91 Å². The highest BCUT2D eigenvalue weighted by Gasteiger charge is 2.32. The van der Waals surface area contributed by atoms with E-state index in [0.29, 0.717) is 28.1 Å². The summed E-state index contributed by atoms with van der Waals surface area (Å²) in [7, 11) is 0. The average Bonchev–Trinajstić information content (AvgIpc) is 3.52. The van der Waals surface area contributed by atoms with Crippen LogP contribution < -0.4 is 15.8 Å². The van der Waals surface area contributed by atoms with Gasteiger partial charge in [-0.15, -0.1) is 23.4 Å². The van der Waals surface area contributed by atoms with Crippen molar-refractivity contribution in [3.05, 3.63) is 48.2 Å². The smallest absolute Gasteiger partial charge is 0.405 e. The van der Waals surface area contributed by atoms with Gasteiger partial charge in [-0.05, 0) is 49.4 Å². The van der Waals surface area contributed by atoms with E-state index in [2.05, 4.69) is 20.3 Å². The van der Waals surface area contributed by atoms with Gasteiger partial charge in [0.05, 0.1) is 11.2 Å². The highest BCUT2D eigenvalue weighted by molar-refractivity contribution is 6.05. The summed E-state index contributed by atoms with van der Waals surface area (Å²) in [6.45, 7) is 2.02. The van der Waals surface area contributed by atoms with Crippen LogP contribution in [0.3, 0.4) is 0 Å². The zero-order valence-corrected chi connectivity index (χ0v) is 16.0. The number of fused-ring (bicyclic) bond motifs is 1. The van der Waals surface area contributed by atoms with Crippen LogP contribution in [0.2, 0.25) is 0 Å². The minimum absolute atomic E-state index is 0.0311. The number of nitrogens with one attached hydrogen (secondary N) is 1. The summed E-state index contributed by atoms with van der Waals surface area (Å²) < 4.78 is 42.4. The normalized spacial score (nSPS) is 15.1. The Morgan fingerprint density at radius 3 is 2.60 bits per heavy atom. The van der Waals surface area contributed by atoms with Gasteiger partial charge in [0.2, 0.25) is 0 Å². The van der Waals surface area contributed by atoms with Crippen LogP contribution in [0.1, 0.15) is 30.3 Å². The molecule has 30 heavy (non-hydrogen) atoms. The fourth-order valence-corrected chi connectivity index (χ4v) is 3.45. The van der Waals surface area contributed by atoms with Gasteiger partial charge in [0.1, 0.15) is 5.75 Å². The van der Waals surface area contributed by atoms with E-state index < -0.39 is 12.3 Å². The van der Waals surface area contributed by atoms with Crippen molar-refractivity contribution in [3.63, 3.8) is 0 Å². The van der Waals surface area contributed by atoms with Gasteiger partial charge >= 0.3 is 6.36 Å². The summed E-state index contributed by atoms with van der Waals surface area (Å²) in [6, 6.07) is 10.9. The molecule has 2 aromatic carbocycles. The molecule has 0 spiro atoms. The van der Waals surface area contributed by atoms with E-state index in [-0.39, 0.29) is 23.0 Å². The van der Waals surface area contributed by atoms with Crippen LogP contribution in [-0.2, 0) is 0 Å². The van der Waals surface area contributed by atoms with E-state index in [4.69, 9.17) is 5.73 Å². The monoisotopic (exact) mass is 416 g/mol. The van der Waals surface area contributed by atoms with Crippen molar-refractivity contribution in [3.8, 4) is 16.9 Å². The number of anilines is 1. The third-order valence-electron chi connectivity index (χ3n) is 5.12. The van der Waals surface area contributed by atoms with Crippen LogP contribution in [0.5, 0.6) is 5.75 Å². The molecule has 1 atom stereocenters. The van der Waals surface area contributed by atoms with E-state index in [1.807, 2.05) is 6.92 Å². The van der Waals surface area contributed by atoms with E-state index in [9.17, 15) is 18.0 Å². The first kappa shape index (κ1) is 19.9. The fraction of sp³-hybridized carbons (Fsp3) is 0.286. The lowest BCUT2D eigenvalue weighted by atomic mass is 10.0. The Morgan fingerprint density at radius 1 is 1.20 bits per heavy atom. The Bertz CT molecular complexity index is 1110. The SMILES string of the molecule is C[C@@H](Nc1c(C(N)=O)nnc2cc(-c3ccccc3OC(F)(F)F)ccc12)C1CC1. The molecule has 0 aliphatic heterocycles. The van der Waals surface area contributed by atoms with Crippen molar-refractivity contribution >= 4 is 22.5 Å². The third kappa shape index (κ3) is 4.14. The average molecular weight is 416 g/mol. The second-order valence-corrected chi connectivity index (χ2v) is 7.33. The number of nitrogens with two attached hydrogens (primary N) is 1. The maximum absolute atomic E-state index is 12.8. The standard InChI is InChI=1S/C21H19F3N4O2/c1-11(12-6-7-12)26-18-15-9-8-13(10-16(15)27-28-19(18)20(25)29)14-4-2-3-5-17(14)30-21(22,23)24/h2-5,8-12H,6-7H2,1H3,(H2,25,29)(H,26,27)/t11-/m1/s1. The molecule has 3 aromatic rings. The molecule has 4 rings (SSSR count). The lowest BCUT2D eigenvalue weighted by molar-refractivity contribution is -0.274. The molecule has 0 unspecified atom stereocenters. The van der Waals surface area contributed by atoms with Gasteiger partial charge in [0, 0.05) is 17.0 Å². The van der Waals surface area contributed by atoms with Crippen LogP contribution in [0.25, 0.3) is 22.0 Å². The second kappa shape index (κ2) is 7.47. The highest BCUT2D eigenvalue weighted by atomic mass is 19.4. The largest absolute Gasteiger partial charge is 0.573 e. The predicted octanol–water partition coefficient (Wildman–Crippen LogP) is 4.50. The van der Waals surface area contributed by atoms with E-state index in [1.165, 1.54) is 18.2 Å². The molecule has 1 saturated carbocycles. The van der Waals surface area contributed by atoms with Crippen LogP contribution in [0.4, 0.5) is 18.9 Å². The molecular formula is C21H19F3N4O2. The van der Waals surface area contributed by atoms with Crippen molar-refractivity contribution in [2.45, 2.75) is 32.2 Å². The number of hydrogen-bond acceptors (Lipinski definition) is 5. The van der Waals surface area contributed by atoms with Gasteiger partial charge in [-0.3, -0.25) is 4.79 Å². The molecule has 1 aliphatic carbocycles. The van der Waals surface area contributed by atoms with Crippen molar-refractivity contribution in [2.75, 3.05) is 5.32 Å². The van der Waals surface area contributed by atoms with E-state index in [1.54, 1.807) is 24.3 Å². The number of halogens is 3. The lowest BCUT2D eigenvalue weighted by Crippen LogP contribution is -2.23. The molecular weight excluding hydrogens is 397 g/mol. The van der Waals surface area contributed by atoms with Gasteiger partial charge in [-0.2, -0.15) is 0 Å². The van der Waals surface area contributed by atoms with Crippen molar-refractivity contribution in [1.29, 1.82) is 0 Å². The van der Waals surface area contributed by atoms with E-state index >= 15 is 0 Å². The summed E-state index contributed by atoms with van der Waals surface area (Å²) in [4.78, 5) is 11.9. The minimum atomic E-state index is -4.81. The van der Waals surface area contributed by atoms with Crippen LogP contribution in [-0.4, -0.2) is 28.5 Å². The number of amides is 1. The highest BCUT2D eigenvalue weighted by Crippen LogP contribution is 2.38. The Kier molecular flexibility index (Phi) is 4.97. The molecule has 156 valence electrons. The summed E-state index contributed by atoms with van der Waals surface area (Å²) in [5.74, 6) is -0.505. The fourth-order valence-electron chi connectivity index (χ4n) is 3.45. The van der Waals surface area contributed by atoms with Crippen LogP contribution >= 0.6 is 0 Å². The summed E-state index contributed by atoms with van der Waals surface area (Å²) >= 11 is 0. The quantitative estimate of drug-likeness (QED) is 0.617. The van der Waals surface area contributed by atoms with Crippen LogP contribution in [0, 0.1) is 5.92 Å². The molecule has 1 aromatic heterocycles. The third-order valence-corrected chi connectivity index (χ3v) is 5.12. The Morgan fingerprint density at radius 2 is 1.93 bits per heavy atom. The molecule has 1 aliphatic rings. The van der Waals surface area contributed by atoms with Crippen LogP contribution in [0.15, 0.2) is 42.5 Å². The molecule has 0 saturated heterocycles. The van der Waals surface area contributed by atoms with Crippen molar-refractivity contribution < 1.29 is 22.7 Å². The molecule has 1 fully saturated rings. The molecule has 1 amide bonds. The van der Waals surface area contributed by atoms with Crippen molar-refractivity contribution in [2.24, 2.45) is 11.7 Å². The molecule has 6 nitrogen and oxygen atoms in total. The number of carbonyl (C=O) groups excluding carboxylic acids is 1. The lowest BCUT2D eigenvalue weighted by Gasteiger charge is -2.18. The van der Waals surface area contributed by atoms with Gasteiger partial charge in [-0.25, -0.2) is 0 Å². The zero-order valence-electron chi connectivity index (χ0n) is 16.0. The number of alkyl halides is 3. The molecule has 0 radical (unpaired) electrons. The molecule has 9 heteroatoms. The maximum Gasteiger partial charge on any atom is 0.573 e. The number of para-hydroxylation sites is 1. The Labute approximate surface area is 170 Å². The number of primary amides is 1. The Balaban J connectivity index is 1.79. The number of aromatic nitrogens is 2. The Hall–Kier alpha value is -3.36. The number of hydrogen-bond donors (Lipinski definition) is 2. The predicted molar refractivity (Wildman–Crippen MR) is 106 cm³/mol. The zero-order chi connectivity index (χ0) is 21.5. The number of carbonyl (C=O) groups is 1. The number of benzene rings is 2. The second-order valence-electron chi connectivity index (χ2n) is 7.33. The molecule has 1 heterocycles.